The van der Waals surface area contributed by atoms with Gasteiger partial charge in [0, 0.05) is 0 Å². The Morgan fingerprint density at radius 2 is 0.867 bits per heavy atom. The summed E-state index contributed by atoms with van der Waals surface area (Å²) in [4.78, 5) is 39.0. The number of aromatic hydroxyl groups is 9. The molecule has 0 aliphatic carbocycles. The first-order valence-electron chi connectivity index (χ1n) is 12.4. The summed E-state index contributed by atoms with van der Waals surface area (Å²) in [7, 11) is 0. The number of carbonyl (C=O) groups is 3. The van der Waals surface area contributed by atoms with E-state index in [0.29, 0.717) is 36.4 Å². The number of rotatable bonds is 7. The summed E-state index contributed by atoms with van der Waals surface area (Å²) in [6, 6.07) is 3.97. The van der Waals surface area contributed by atoms with Gasteiger partial charge in [-0.05, 0) is 36.4 Å². The van der Waals surface area contributed by atoms with Crippen LogP contribution >= 0.6 is 0 Å². The van der Waals surface area contributed by atoms with Crippen LogP contribution in [0.4, 0.5) is 0 Å². The van der Waals surface area contributed by atoms with Crippen molar-refractivity contribution >= 4 is 17.9 Å². The molecule has 11 N–H and O–H groups in total. The Balaban J connectivity index is 1.74. The molecule has 1 aliphatic rings. The molecular formula is C27H24O18. The fourth-order valence-corrected chi connectivity index (χ4v) is 4.12. The van der Waals surface area contributed by atoms with Gasteiger partial charge in [-0.25, -0.2) is 14.4 Å². The molecule has 1 aliphatic heterocycles. The minimum atomic E-state index is -2.17. The summed E-state index contributed by atoms with van der Waals surface area (Å²) >= 11 is 0. The zero-order chi connectivity index (χ0) is 33.3. The Kier molecular flexibility index (Phi) is 8.84. The second-order valence-corrected chi connectivity index (χ2v) is 9.45. The average molecular weight is 636 g/mol. The third-order valence-corrected chi connectivity index (χ3v) is 6.42. The third kappa shape index (κ3) is 6.42. The molecule has 18 nitrogen and oxygen atoms in total. The maximum Gasteiger partial charge on any atom is 0.340 e. The topological polar surface area (TPSA) is 311 Å². The van der Waals surface area contributed by atoms with Crippen LogP contribution in [0, 0.1) is 0 Å². The van der Waals surface area contributed by atoms with E-state index < -0.39 is 124 Å². The minimum Gasteiger partial charge on any atom is -0.504 e. The number of aliphatic hydroxyl groups excluding tert-OH is 2. The molecule has 5 atom stereocenters. The van der Waals surface area contributed by atoms with Gasteiger partial charge >= 0.3 is 17.9 Å². The highest BCUT2D eigenvalue weighted by Crippen LogP contribution is 2.39. The van der Waals surface area contributed by atoms with E-state index in [-0.39, 0.29) is 0 Å². The smallest absolute Gasteiger partial charge is 0.340 e. The summed E-state index contributed by atoms with van der Waals surface area (Å²) in [5.41, 5.74) is -1.83. The molecule has 240 valence electrons. The number of phenolic OH excluding ortho intramolecular Hbond substituents is 9. The lowest BCUT2D eigenvalue weighted by atomic mass is 9.98. The fourth-order valence-electron chi connectivity index (χ4n) is 4.12. The standard InChI is InChI=1S/C27H24O18/c28-7-17-21(38)22(43-24(39)8-1-11(29)18(35)12(30)2-8)23(44-25(40)9-3-13(31)19(36)14(32)4-9)27(42-17)45-26(41)10-5-15(33)20(37)16(34)6-10/h1-6,17,21-23,27-38H,7H2/t17-,21-,22+,23-,27+/m0/s1. The fraction of sp³-hybridized carbons (Fsp3) is 0.222. The number of phenols is 9. The van der Waals surface area contributed by atoms with Gasteiger partial charge in [-0.1, -0.05) is 0 Å². The van der Waals surface area contributed by atoms with Crippen molar-refractivity contribution in [3.05, 3.63) is 53.1 Å². The highest BCUT2D eigenvalue weighted by Gasteiger charge is 2.52. The van der Waals surface area contributed by atoms with Gasteiger partial charge in [-0.15, -0.1) is 0 Å². The molecule has 18 heteroatoms. The first-order chi connectivity index (χ1) is 21.1. The molecule has 0 aromatic heterocycles. The van der Waals surface area contributed by atoms with Crippen LogP contribution in [-0.2, 0) is 18.9 Å². The molecule has 3 aromatic rings. The zero-order valence-electron chi connectivity index (χ0n) is 22.3. The van der Waals surface area contributed by atoms with Crippen LogP contribution in [0.5, 0.6) is 51.7 Å². The lowest BCUT2D eigenvalue weighted by Gasteiger charge is -2.42. The van der Waals surface area contributed by atoms with E-state index in [1.54, 1.807) is 0 Å². The van der Waals surface area contributed by atoms with Crippen LogP contribution in [0.25, 0.3) is 0 Å². The van der Waals surface area contributed by atoms with Crippen molar-refractivity contribution in [2.75, 3.05) is 6.61 Å². The van der Waals surface area contributed by atoms with E-state index in [1.807, 2.05) is 0 Å². The van der Waals surface area contributed by atoms with E-state index in [4.69, 9.17) is 18.9 Å². The Morgan fingerprint density at radius 3 is 1.20 bits per heavy atom. The van der Waals surface area contributed by atoms with E-state index >= 15 is 0 Å². The molecule has 4 rings (SSSR count). The average Bonchev–Trinajstić information content (AvgIpc) is 2.99. The Labute approximate surface area is 249 Å². The van der Waals surface area contributed by atoms with Crippen LogP contribution in [-0.4, -0.2) is 111 Å². The largest absolute Gasteiger partial charge is 0.504 e. The van der Waals surface area contributed by atoms with Crippen LogP contribution in [0.3, 0.4) is 0 Å². The van der Waals surface area contributed by atoms with Crippen LogP contribution in [0.15, 0.2) is 36.4 Å². The number of carbonyl (C=O) groups excluding carboxylic acids is 3. The Hall–Kier alpha value is -5.85. The molecule has 0 amide bonds. The van der Waals surface area contributed by atoms with E-state index in [0.717, 1.165) is 0 Å². The number of ether oxygens (including phenoxy) is 4. The van der Waals surface area contributed by atoms with E-state index in [1.165, 1.54) is 0 Å². The number of benzene rings is 3. The van der Waals surface area contributed by atoms with Crippen LogP contribution in [0.2, 0.25) is 0 Å². The first kappa shape index (κ1) is 32.1. The van der Waals surface area contributed by atoms with Crippen molar-refractivity contribution < 1.29 is 89.5 Å². The maximum absolute atomic E-state index is 13.1. The molecule has 0 unspecified atom stereocenters. The van der Waals surface area contributed by atoms with E-state index in [9.17, 15) is 70.6 Å². The minimum absolute atomic E-state index is 0.597. The lowest BCUT2D eigenvalue weighted by Crippen LogP contribution is -2.62. The van der Waals surface area contributed by atoms with E-state index in [2.05, 4.69) is 0 Å². The number of esters is 3. The van der Waals surface area contributed by atoms with Gasteiger partial charge in [0.05, 0.1) is 23.3 Å². The highest BCUT2D eigenvalue weighted by molar-refractivity contribution is 5.93. The molecule has 45 heavy (non-hydrogen) atoms. The molecule has 0 saturated carbocycles. The van der Waals surface area contributed by atoms with Crippen LogP contribution < -0.4 is 0 Å². The first-order valence-corrected chi connectivity index (χ1v) is 12.4. The predicted molar refractivity (Wildman–Crippen MR) is 140 cm³/mol. The quantitative estimate of drug-likeness (QED) is 0.0902. The van der Waals surface area contributed by atoms with Crippen molar-refractivity contribution in [1.82, 2.24) is 0 Å². The second kappa shape index (κ2) is 12.4. The third-order valence-electron chi connectivity index (χ3n) is 6.42. The van der Waals surface area contributed by atoms with Crippen molar-refractivity contribution in [2.45, 2.75) is 30.7 Å². The second-order valence-electron chi connectivity index (χ2n) is 9.45. The van der Waals surface area contributed by atoms with Crippen LogP contribution in [0.1, 0.15) is 31.1 Å². The lowest BCUT2D eigenvalue weighted by molar-refractivity contribution is -0.283. The number of hydrogen-bond donors (Lipinski definition) is 11. The molecule has 0 radical (unpaired) electrons. The molecule has 1 saturated heterocycles. The van der Waals surface area contributed by atoms with Crippen molar-refractivity contribution in [3.63, 3.8) is 0 Å². The highest BCUT2D eigenvalue weighted by atomic mass is 16.7. The van der Waals surface area contributed by atoms with Crippen molar-refractivity contribution in [1.29, 1.82) is 0 Å². The van der Waals surface area contributed by atoms with Gasteiger partial charge in [0.25, 0.3) is 0 Å². The number of hydrogen-bond acceptors (Lipinski definition) is 18. The summed E-state index contributed by atoms with van der Waals surface area (Å²) in [5, 5.41) is 108. The Bertz CT molecular complexity index is 1580. The summed E-state index contributed by atoms with van der Waals surface area (Å²) in [5.74, 6) is -13.0. The van der Waals surface area contributed by atoms with Gasteiger partial charge in [-0.2, -0.15) is 0 Å². The maximum atomic E-state index is 13.1. The van der Waals surface area contributed by atoms with Crippen molar-refractivity contribution in [2.24, 2.45) is 0 Å². The molecule has 1 fully saturated rings. The summed E-state index contributed by atoms with van der Waals surface area (Å²) in [6.45, 7) is -1.01. The molecule has 0 spiro atoms. The van der Waals surface area contributed by atoms with Gasteiger partial charge in [0.2, 0.25) is 12.4 Å². The van der Waals surface area contributed by atoms with Gasteiger partial charge in [-0.3, -0.25) is 0 Å². The normalized spacial score (nSPS) is 21.1. The molecule has 1 heterocycles. The summed E-state index contributed by atoms with van der Waals surface area (Å²) in [6.07, 6.45) is -10.2. The zero-order valence-corrected chi connectivity index (χ0v) is 22.3. The SMILES string of the molecule is O=C(O[C@H]1O[C@@H](CO)[C@H](O)[C@@H](OC(=O)c2cc(O)c(O)c(O)c2)[C@@H]1OC(=O)c1cc(O)c(O)c(O)c1)c1cc(O)c(O)c(O)c1. The summed E-state index contributed by atoms with van der Waals surface area (Å²) < 4.78 is 21.1. The van der Waals surface area contributed by atoms with Gasteiger partial charge < -0.3 is 75.1 Å². The monoisotopic (exact) mass is 636 g/mol. The molecule has 3 aromatic carbocycles. The molecular weight excluding hydrogens is 612 g/mol. The van der Waals surface area contributed by atoms with Crippen molar-refractivity contribution in [3.8, 4) is 51.7 Å². The Morgan fingerprint density at radius 1 is 0.556 bits per heavy atom. The number of aliphatic hydroxyl groups is 2. The molecule has 0 bridgehead atoms. The predicted octanol–water partition coefficient (Wildman–Crippen LogP) is -0.277. The van der Waals surface area contributed by atoms with Gasteiger partial charge in [0.15, 0.2) is 57.8 Å². The van der Waals surface area contributed by atoms with Gasteiger partial charge in [0.1, 0.15) is 12.2 Å².